The largest absolute Gasteiger partial charge is 0.394 e. The lowest BCUT2D eigenvalue weighted by atomic mass is 10.1. The molecule has 0 spiro atoms. The highest BCUT2D eigenvalue weighted by Crippen LogP contribution is 2.31. The first-order chi connectivity index (χ1) is 8.17. The number of nitrogens with zero attached hydrogens (tertiary/aromatic N) is 1. The third-order valence-electron chi connectivity index (χ3n) is 3.13. The van der Waals surface area contributed by atoms with E-state index in [2.05, 4.69) is 0 Å². The molecule has 94 valence electrons. The lowest BCUT2D eigenvalue weighted by molar-refractivity contribution is 0.265. The Hall–Kier alpha value is -1.20. The first-order valence-electron chi connectivity index (χ1n) is 5.63. The van der Waals surface area contributed by atoms with E-state index in [0.717, 1.165) is 25.0 Å². The summed E-state index contributed by atoms with van der Waals surface area (Å²) in [7, 11) is 0. The van der Waals surface area contributed by atoms with Crippen molar-refractivity contribution in [3.8, 4) is 0 Å². The summed E-state index contributed by atoms with van der Waals surface area (Å²) in [5, 5.41) is 18.0. The maximum absolute atomic E-state index is 13.8. The third kappa shape index (κ3) is 2.25. The van der Waals surface area contributed by atoms with Crippen LogP contribution in [0.2, 0.25) is 0 Å². The molecule has 0 bridgehead atoms. The topological polar surface area (TPSA) is 43.7 Å². The maximum atomic E-state index is 13.8. The fraction of sp³-hybridized carbons (Fsp3) is 0.500. The van der Waals surface area contributed by atoms with Gasteiger partial charge in [0.1, 0.15) is 17.3 Å². The predicted octanol–water partition coefficient (Wildman–Crippen LogP) is 1.42. The van der Waals surface area contributed by atoms with Gasteiger partial charge in [-0.25, -0.2) is 8.78 Å². The van der Waals surface area contributed by atoms with Crippen molar-refractivity contribution in [2.24, 2.45) is 0 Å². The van der Waals surface area contributed by atoms with Crippen molar-refractivity contribution in [3.63, 3.8) is 0 Å². The summed E-state index contributed by atoms with van der Waals surface area (Å²) in [5.41, 5.74) is 0.113. The molecule has 0 saturated carbocycles. The van der Waals surface area contributed by atoms with E-state index in [1.165, 1.54) is 0 Å². The van der Waals surface area contributed by atoms with E-state index in [4.69, 9.17) is 10.2 Å². The second-order valence-corrected chi connectivity index (χ2v) is 4.24. The minimum absolute atomic E-state index is 0.0984. The van der Waals surface area contributed by atoms with Gasteiger partial charge in [-0.3, -0.25) is 0 Å². The predicted molar refractivity (Wildman–Crippen MR) is 59.7 cm³/mol. The van der Waals surface area contributed by atoms with E-state index < -0.39 is 18.2 Å². The second kappa shape index (κ2) is 4.98. The minimum atomic E-state index is -0.686. The normalized spacial score (nSPS) is 20.0. The van der Waals surface area contributed by atoms with Crippen LogP contribution in [-0.4, -0.2) is 29.4 Å². The number of hydrogen-bond acceptors (Lipinski definition) is 3. The molecule has 1 fully saturated rings. The van der Waals surface area contributed by atoms with Crippen LogP contribution in [0.3, 0.4) is 0 Å². The molecule has 1 aliphatic rings. The van der Waals surface area contributed by atoms with Crippen molar-refractivity contribution in [1.82, 2.24) is 0 Å². The summed E-state index contributed by atoms with van der Waals surface area (Å²) in [6, 6.07) is 2.04. The zero-order valence-electron chi connectivity index (χ0n) is 9.37. The lowest BCUT2D eigenvalue weighted by Gasteiger charge is -2.26. The summed E-state index contributed by atoms with van der Waals surface area (Å²) in [6.07, 6.45) is 1.54. The monoisotopic (exact) mass is 243 g/mol. The molecule has 1 aromatic carbocycles. The number of aliphatic hydroxyl groups is 2. The Labute approximate surface area is 98.3 Å². The van der Waals surface area contributed by atoms with Gasteiger partial charge in [-0.2, -0.15) is 0 Å². The van der Waals surface area contributed by atoms with Crippen LogP contribution in [0.4, 0.5) is 14.5 Å². The second-order valence-electron chi connectivity index (χ2n) is 4.24. The molecule has 0 aromatic heterocycles. The zero-order valence-corrected chi connectivity index (χ0v) is 9.37. The molecule has 1 unspecified atom stereocenters. The molecule has 1 heterocycles. The van der Waals surface area contributed by atoms with E-state index in [0.29, 0.717) is 6.54 Å². The van der Waals surface area contributed by atoms with Gasteiger partial charge in [0.05, 0.1) is 19.3 Å². The van der Waals surface area contributed by atoms with Gasteiger partial charge in [0.25, 0.3) is 0 Å². The Balaban J connectivity index is 2.38. The summed E-state index contributed by atoms with van der Waals surface area (Å²) in [4.78, 5) is 1.56. The standard InChI is InChI=1S/C12H15F2NO2/c13-10-4-8(6-16)5-11(14)12(10)15-3-1-2-9(15)7-17/h4-5,9,16-17H,1-3,6-7H2. The molecule has 1 aliphatic heterocycles. The molecule has 17 heavy (non-hydrogen) atoms. The minimum Gasteiger partial charge on any atom is -0.394 e. The van der Waals surface area contributed by atoms with E-state index in [1.807, 2.05) is 0 Å². The Morgan fingerprint density at radius 2 is 1.88 bits per heavy atom. The van der Waals surface area contributed by atoms with Crippen molar-refractivity contribution >= 4 is 5.69 Å². The smallest absolute Gasteiger partial charge is 0.149 e. The van der Waals surface area contributed by atoms with Crippen LogP contribution in [0.15, 0.2) is 12.1 Å². The van der Waals surface area contributed by atoms with Gasteiger partial charge < -0.3 is 15.1 Å². The van der Waals surface area contributed by atoms with Crippen molar-refractivity contribution in [2.75, 3.05) is 18.1 Å². The van der Waals surface area contributed by atoms with E-state index in [1.54, 1.807) is 4.90 Å². The molecule has 0 aliphatic carbocycles. The number of benzene rings is 1. The number of halogens is 2. The molecule has 0 radical (unpaired) electrons. The number of anilines is 1. The summed E-state index contributed by atoms with van der Waals surface area (Å²) >= 11 is 0. The van der Waals surface area contributed by atoms with Crippen LogP contribution >= 0.6 is 0 Å². The Kier molecular flexibility index (Phi) is 3.59. The van der Waals surface area contributed by atoms with E-state index in [-0.39, 0.29) is 23.9 Å². The van der Waals surface area contributed by atoms with Crippen LogP contribution in [0.1, 0.15) is 18.4 Å². The summed E-state index contributed by atoms with van der Waals surface area (Å²) in [5.74, 6) is -1.37. The molecule has 1 atom stereocenters. The molecule has 1 aromatic rings. The highest BCUT2D eigenvalue weighted by molar-refractivity contribution is 5.52. The number of hydrogen-bond donors (Lipinski definition) is 2. The van der Waals surface area contributed by atoms with Crippen molar-refractivity contribution in [1.29, 1.82) is 0 Å². The summed E-state index contributed by atoms with van der Waals surface area (Å²) < 4.78 is 27.6. The van der Waals surface area contributed by atoms with Crippen LogP contribution in [-0.2, 0) is 6.61 Å². The highest BCUT2D eigenvalue weighted by atomic mass is 19.1. The zero-order chi connectivity index (χ0) is 12.4. The van der Waals surface area contributed by atoms with Gasteiger partial charge in [0.15, 0.2) is 0 Å². The van der Waals surface area contributed by atoms with Crippen LogP contribution < -0.4 is 4.90 Å². The van der Waals surface area contributed by atoms with Gasteiger partial charge in [-0.15, -0.1) is 0 Å². The van der Waals surface area contributed by atoms with Crippen LogP contribution in [0.5, 0.6) is 0 Å². The van der Waals surface area contributed by atoms with Crippen molar-refractivity contribution < 1.29 is 19.0 Å². The quantitative estimate of drug-likeness (QED) is 0.843. The molecular weight excluding hydrogens is 228 g/mol. The molecule has 0 amide bonds. The number of aliphatic hydroxyl groups excluding tert-OH is 2. The van der Waals surface area contributed by atoms with Crippen molar-refractivity contribution in [2.45, 2.75) is 25.5 Å². The SMILES string of the molecule is OCc1cc(F)c(N2CCCC2CO)c(F)c1. The average Bonchev–Trinajstić information content (AvgIpc) is 2.76. The van der Waals surface area contributed by atoms with Crippen LogP contribution in [0, 0.1) is 11.6 Å². The summed E-state index contributed by atoms with van der Waals surface area (Å²) in [6.45, 7) is 0.0374. The van der Waals surface area contributed by atoms with E-state index in [9.17, 15) is 8.78 Å². The van der Waals surface area contributed by atoms with Gasteiger partial charge in [0.2, 0.25) is 0 Å². The van der Waals surface area contributed by atoms with Gasteiger partial charge in [0, 0.05) is 6.54 Å². The maximum Gasteiger partial charge on any atom is 0.149 e. The molecular formula is C12H15F2NO2. The fourth-order valence-corrected chi connectivity index (χ4v) is 2.30. The molecule has 1 saturated heterocycles. The van der Waals surface area contributed by atoms with Gasteiger partial charge in [-0.05, 0) is 30.5 Å². The van der Waals surface area contributed by atoms with Gasteiger partial charge >= 0.3 is 0 Å². The van der Waals surface area contributed by atoms with Crippen LogP contribution in [0.25, 0.3) is 0 Å². The fourth-order valence-electron chi connectivity index (χ4n) is 2.30. The molecule has 3 nitrogen and oxygen atoms in total. The van der Waals surface area contributed by atoms with Gasteiger partial charge in [-0.1, -0.05) is 0 Å². The molecule has 2 rings (SSSR count). The lowest BCUT2D eigenvalue weighted by Crippen LogP contribution is -2.33. The van der Waals surface area contributed by atoms with E-state index >= 15 is 0 Å². The third-order valence-corrected chi connectivity index (χ3v) is 3.13. The highest BCUT2D eigenvalue weighted by Gasteiger charge is 2.28. The number of rotatable bonds is 3. The first kappa shape index (κ1) is 12.3. The Morgan fingerprint density at radius 3 is 2.41 bits per heavy atom. The first-order valence-corrected chi connectivity index (χ1v) is 5.63. The Bertz CT molecular complexity index is 388. The van der Waals surface area contributed by atoms with Crippen molar-refractivity contribution in [3.05, 3.63) is 29.3 Å². The molecule has 5 heteroatoms. The average molecular weight is 243 g/mol. The Morgan fingerprint density at radius 1 is 1.24 bits per heavy atom. The molecule has 2 N–H and O–H groups in total.